The molecule has 1 atom stereocenters. The summed E-state index contributed by atoms with van der Waals surface area (Å²) in [5, 5.41) is 13.0. The van der Waals surface area contributed by atoms with Crippen molar-refractivity contribution in [3.8, 4) is 0 Å². The number of carbonyl (C=O) groups is 2. The predicted molar refractivity (Wildman–Crippen MR) is 91.9 cm³/mol. The van der Waals surface area contributed by atoms with Crippen LogP contribution in [0.2, 0.25) is 5.02 Å². The third kappa shape index (κ3) is 3.12. The lowest BCUT2D eigenvalue weighted by Gasteiger charge is -2.17. The van der Waals surface area contributed by atoms with Gasteiger partial charge in [0.25, 0.3) is 5.91 Å². The molecule has 2 N–H and O–H groups in total. The van der Waals surface area contributed by atoms with Crippen LogP contribution in [-0.4, -0.2) is 17.0 Å². The molecule has 1 aliphatic carbocycles. The van der Waals surface area contributed by atoms with Gasteiger partial charge in [-0.15, -0.1) is 11.3 Å². The molecule has 0 aliphatic heterocycles. The van der Waals surface area contributed by atoms with Gasteiger partial charge < -0.3 is 10.4 Å². The lowest BCUT2D eigenvalue weighted by Crippen LogP contribution is -2.15. The Kier molecular flexibility index (Phi) is 4.41. The van der Waals surface area contributed by atoms with E-state index in [1.807, 2.05) is 0 Å². The van der Waals surface area contributed by atoms with E-state index in [1.54, 1.807) is 24.3 Å². The van der Waals surface area contributed by atoms with Gasteiger partial charge in [0.15, 0.2) is 0 Å². The van der Waals surface area contributed by atoms with Crippen molar-refractivity contribution in [1.29, 1.82) is 0 Å². The minimum Gasteiger partial charge on any atom is -0.478 e. The third-order valence-corrected chi connectivity index (χ3v) is 5.57. The zero-order valence-corrected chi connectivity index (χ0v) is 14.1. The standard InChI is InChI=1S/C17H16ClNO3S/c1-9-6-7-11-13(8-9)23-16(14(11)17(21)22)19-15(20)10-4-2-3-5-12(10)18/h2-5,9H,6-8H2,1H3,(H,19,20)(H,21,22)/t9-/m0/s1. The highest BCUT2D eigenvalue weighted by molar-refractivity contribution is 7.17. The maximum Gasteiger partial charge on any atom is 0.339 e. The van der Waals surface area contributed by atoms with Gasteiger partial charge >= 0.3 is 5.97 Å². The molecule has 2 aromatic rings. The number of carboxylic acids is 1. The summed E-state index contributed by atoms with van der Waals surface area (Å²) < 4.78 is 0. The van der Waals surface area contributed by atoms with Crippen molar-refractivity contribution in [2.24, 2.45) is 5.92 Å². The van der Waals surface area contributed by atoms with Gasteiger partial charge in [0.1, 0.15) is 5.00 Å². The first-order chi connectivity index (χ1) is 11.0. The number of halogens is 1. The summed E-state index contributed by atoms with van der Waals surface area (Å²) in [5.41, 5.74) is 1.44. The van der Waals surface area contributed by atoms with Crippen molar-refractivity contribution in [3.05, 3.63) is 50.9 Å². The summed E-state index contributed by atoms with van der Waals surface area (Å²) in [6.45, 7) is 2.16. The van der Waals surface area contributed by atoms with E-state index in [0.29, 0.717) is 21.5 Å². The fourth-order valence-electron chi connectivity index (χ4n) is 2.88. The second-order valence-electron chi connectivity index (χ2n) is 5.80. The van der Waals surface area contributed by atoms with E-state index in [4.69, 9.17) is 11.6 Å². The van der Waals surface area contributed by atoms with Crippen LogP contribution in [0.5, 0.6) is 0 Å². The smallest absolute Gasteiger partial charge is 0.339 e. The highest BCUT2D eigenvalue weighted by Crippen LogP contribution is 2.39. The average Bonchev–Trinajstić information content (AvgIpc) is 2.84. The number of rotatable bonds is 3. The van der Waals surface area contributed by atoms with Crippen molar-refractivity contribution < 1.29 is 14.7 Å². The largest absolute Gasteiger partial charge is 0.478 e. The van der Waals surface area contributed by atoms with E-state index in [2.05, 4.69) is 12.2 Å². The highest BCUT2D eigenvalue weighted by atomic mass is 35.5. The van der Waals surface area contributed by atoms with Crippen molar-refractivity contribution in [3.63, 3.8) is 0 Å². The Balaban J connectivity index is 1.96. The first kappa shape index (κ1) is 16.0. The van der Waals surface area contributed by atoms with Crippen molar-refractivity contribution in [2.75, 3.05) is 5.32 Å². The van der Waals surface area contributed by atoms with Crippen molar-refractivity contribution in [2.45, 2.75) is 26.2 Å². The van der Waals surface area contributed by atoms with Gasteiger partial charge in [-0.05, 0) is 42.9 Å². The molecule has 1 aromatic heterocycles. The lowest BCUT2D eigenvalue weighted by molar-refractivity contribution is 0.0697. The minimum absolute atomic E-state index is 0.234. The van der Waals surface area contributed by atoms with Crippen LogP contribution in [0, 0.1) is 5.92 Å². The normalized spacial score (nSPS) is 16.7. The number of carboxylic acid groups (broad SMARTS) is 1. The summed E-state index contributed by atoms with van der Waals surface area (Å²) in [6.07, 6.45) is 2.58. The molecule has 6 heteroatoms. The molecule has 3 rings (SSSR count). The van der Waals surface area contributed by atoms with E-state index in [9.17, 15) is 14.7 Å². The zero-order chi connectivity index (χ0) is 16.6. The molecule has 0 fully saturated rings. The van der Waals surface area contributed by atoms with Crippen LogP contribution >= 0.6 is 22.9 Å². The second kappa shape index (κ2) is 6.34. The summed E-state index contributed by atoms with van der Waals surface area (Å²) in [7, 11) is 0. The third-order valence-electron chi connectivity index (χ3n) is 4.07. The molecule has 0 bridgehead atoms. The van der Waals surface area contributed by atoms with Crippen LogP contribution in [-0.2, 0) is 12.8 Å². The number of fused-ring (bicyclic) bond motifs is 1. The van der Waals surface area contributed by atoms with Gasteiger partial charge in [0.2, 0.25) is 0 Å². The number of aromatic carboxylic acids is 1. The summed E-state index contributed by atoms with van der Waals surface area (Å²) in [4.78, 5) is 25.1. The SMILES string of the molecule is C[C@H]1CCc2c(sc(NC(=O)c3ccccc3Cl)c2C(=O)O)C1. The molecule has 120 valence electrons. The van der Waals surface area contributed by atoms with Gasteiger partial charge in [-0.25, -0.2) is 4.79 Å². The fraction of sp³-hybridized carbons (Fsp3) is 0.294. The van der Waals surface area contributed by atoms with Crippen LogP contribution in [0.15, 0.2) is 24.3 Å². The Hall–Kier alpha value is -1.85. The Bertz CT molecular complexity index is 784. The number of anilines is 1. The van der Waals surface area contributed by atoms with Crippen molar-refractivity contribution >= 4 is 39.8 Å². The van der Waals surface area contributed by atoms with E-state index in [1.165, 1.54) is 11.3 Å². The molecule has 23 heavy (non-hydrogen) atoms. The highest BCUT2D eigenvalue weighted by Gasteiger charge is 2.28. The minimum atomic E-state index is -0.994. The second-order valence-corrected chi connectivity index (χ2v) is 7.31. The van der Waals surface area contributed by atoms with Gasteiger partial charge in [-0.1, -0.05) is 30.7 Å². The molecule has 1 heterocycles. The molecule has 4 nitrogen and oxygen atoms in total. The number of nitrogens with one attached hydrogen (secondary N) is 1. The number of hydrogen-bond donors (Lipinski definition) is 2. The van der Waals surface area contributed by atoms with E-state index in [-0.39, 0.29) is 11.5 Å². The summed E-state index contributed by atoms with van der Waals surface area (Å²) in [5.74, 6) is -0.842. The maximum absolute atomic E-state index is 12.4. The number of benzene rings is 1. The molecule has 0 saturated heterocycles. The van der Waals surface area contributed by atoms with Gasteiger partial charge in [-0.3, -0.25) is 4.79 Å². The molecular formula is C17H16ClNO3S. The monoisotopic (exact) mass is 349 g/mol. The van der Waals surface area contributed by atoms with E-state index < -0.39 is 5.97 Å². The first-order valence-electron chi connectivity index (χ1n) is 7.41. The molecule has 0 saturated carbocycles. The number of carbonyl (C=O) groups excluding carboxylic acids is 1. The quantitative estimate of drug-likeness (QED) is 0.858. The van der Waals surface area contributed by atoms with Crippen LogP contribution in [0.4, 0.5) is 5.00 Å². The number of amides is 1. The number of thiophene rings is 1. The van der Waals surface area contributed by atoms with Crippen molar-refractivity contribution in [1.82, 2.24) is 0 Å². The first-order valence-corrected chi connectivity index (χ1v) is 8.60. The predicted octanol–water partition coefficient (Wildman–Crippen LogP) is 4.48. The van der Waals surface area contributed by atoms with Crippen LogP contribution in [0.25, 0.3) is 0 Å². The molecule has 1 aromatic carbocycles. The van der Waals surface area contributed by atoms with Crippen LogP contribution in [0.1, 0.15) is 44.5 Å². The van der Waals surface area contributed by atoms with E-state index in [0.717, 1.165) is 29.7 Å². The number of hydrogen-bond acceptors (Lipinski definition) is 3. The summed E-state index contributed by atoms with van der Waals surface area (Å²) >= 11 is 7.40. The Morgan fingerprint density at radius 3 is 2.78 bits per heavy atom. The van der Waals surface area contributed by atoms with E-state index >= 15 is 0 Å². The van der Waals surface area contributed by atoms with Crippen LogP contribution in [0.3, 0.4) is 0 Å². The Labute approximate surface area is 143 Å². The molecular weight excluding hydrogens is 334 g/mol. The Morgan fingerprint density at radius 2 is 2.09 bits per heavy atom. The zero-order valence-electron chi connectivity index (χ0n) is 12.6. The molecule has 0 radical (unpaired) electrons. The van der Waals surface area contributed by atoms with Crippen LogP contribution < -0.4 is 5.32 Å². The molecule has 0 unspecified atom stereocenters. The van der Waals surface area contributed by atoms with Gasteiger partial charge in [0, 0.05) is 4.88 Å². The molecule has 1 aliphatic rings. The molecule has 1 amide bonds. The fourth-order valence-corrected chi connectivity index (χ4v) is 4.50. The summed E-state index contributed by atoms with van der Waals surface area (Å²) in [6, 6.07) is 6.72. The van der Waals surface area contributed by atoms with Gasteiger partial charge in [-0.2, -0.15) is 0 Å². The maximum atomic E-state index is 12.4. The lowest BCUT2D eigenvalue weighted by atomic mass is 9.88. The average molecular weight is 350 g/mol. The Morgan fingerprint density at radius 1 is 1.35 bits per heavy atom. The topological polar surface area (TPSA) is 66.4 Å². The molecule has 0 spiro atoms. The van der Waals surface area contributed by atoms with Gasteiger partial charge in [0.05, 0.1) is 16.1 Å².